The number of methoxy groups -OCH3 is 1. The van der Waals surface area contributed by atoms with Gasteiger partial charge in [0.25, 0.3) is 0 Å². The Morgan fingerprint density at radius 3 is 3.05 bits per heavy atom. The number of carbonyl (C=O) groups is 2. The monoisotopic (exact) mass is 262 g/mol. The van der Waals surface area contributed by atoms with Crippen molar-refractivity contribution in [2.45, 2.75) is 12.8 Å². The number of hydrogen-bond acceptors (Lipinski definition) is 5. The first-order valence-electron chi connectivity index (χ1n) is 5.84. The summed E-state index contributed by atoms with van der Waals surface area (Å²) in [6.45, 7) is 0.454. The molecule has 2 rings (SSSR count). The van der Waals surface area contributed by atoms with Crippen LogP contribution in [0.15, 0.2) is 29.0 Å². The average molecular weight is 262 g/mol. The molecule has 0 aliphatic heterocycles. The second-order valence-electron chi connectivity index (χ2n) is 4.01. The zero-order valence-corrected chi connectivity index (χ0v) is 10.5. The Labute approximate surface area is 109 Å². The van der Waals surface area contributed by atoms with Crippen LogP contribution >= 0.6 is 0 Å². The van der Waals surface area contributed by atoms with Crippen LogP contribution in [0.25, 0.3) is 11.1 Å². The molecule has 1 amide bonds. The van der Waals surface area contributed by atoms with Crippen molar-refractivity contribution in [2.75, 3.05) is 13.7 Å². The fourth-order valence-electron chi connectivity index (χ4n) is 1.67. The highest BCUT2D eigenvalue weighted by molar-refractivity contribution is 5.94. The van der Waals surface area contributed by atoms with Crippen LogP contribution in [0.1, 0.15) is 12.0 Å². The number of oxazole rings is 1. The summed E-state index contributed by atoms with van der Waals surface area (Å²) in [5, 5.41) is 2.65. The van der Waals surface area contributed by atoms with Gasteiger partial charge in [0.05, 0.1) is 7.11 Å². The van der Waals surface area contributed by atoms with Crippen molar-refractivity contribution < 1.29 is 18.7 Å². The van der Waals surface area contributed by atoms with Gasteiger partial charge in [-0.25, -0.2) is 4.98 Å². The Bertz CT molecular complexity index is 591. The van der Waals surface area contributed by atoms with Crippen LogP contribution in [0, 0.1) is 0 Å². The molecule has 0 bridgehead atoms. The van der Waals surface area contributed by atoms with E-state index in [0.717, 1.165) is 16.7 Å². The van der Waals surface area contributed by atoms with Gasteiger partial charge in [-0.1, -0.05) is 6.07 Å². The molecular weight excluding hydrogens is 248 g/mol. The molecule has 1 aromatic heterocycles. The molecular formula is C13H14N2O4. The third kappa shape index (κ3) is 3.54. The first kappa shape index (κ1) is 13.1. The molecule has 6 heteroatoms. The van der Waals surface area contributed by atoms with Gasteiger partial charge in [0, 0.05) is 6.54 Å². The molecule has 0 saturated heterocycles. The largest absolute Gasteiger partial charge is 0.469 e. The van der Waals surface area contributed by atoms with Crippen LogP contribution in [0.2, 0.25) is 0 Å². The zero-order valence-electron chi connectivity index (χ0n) is 10.5. The predicted octanol–water partition coefficient (Wildman–Crippen LogP) is 1.05. The summed E-state index contributed by atoms with van der Waals surface area (Å²) in [5.41, 5.74) is 2.56. The summed E-state index contributed by atoms with van der Waals surface area (Å²) in [4.78, 5) is 26.2. The van der Waals surface area contributed by atoms with Gasteiger partial charge in [-0.15, -0.1) is 0 Å². The quantitative estimate of drug-likeness (QED) is 0.643. The van der Waals surface area contributed by atoms with E-state index in [4.69, 9.17) is 4.42 Å². The minimum atomic E-state index is -0.541. The van der Waals surface area contributed by atoms with Crippen molar-refractivity contribution in [3.05, 3.63) is 30.2 Å². The van der Waals surface area contributed by atoms with Crippen molar-refractivity contribution in [3.8, 4) is 0 Å². The first-order chi connectivity index (χ1) is 9.19. The number of aromatic nitrogens is 1. The van der Waals surface area contributed by atoms with Crippen LogP contribution < -0.4 is 5.32 Å². The molecule has 0 atom stereocenters. The van der Waals surface area contributed by atoms with Gasteiger partial charge in [-0.3, -0.25) is 9.59 Å². The Balaban J connectivity index is 1.82. The fraction of sp³-hybridized carbons (Fsp3) is 0.308. The second-order valence-corrected chi connectivity index (χ2v) is 4.01. The van der Waals surface area contributed by atoms with Crippen molar-refractivity contribution in [2.24, 2.45) is 0 Å². The molecule has 19 heavy (non-hydrogen) atoms. The number of ether oxygens (including phenoxy) is 1. The number of nitrogens with zero attached hydrogens (tertiary/aromatic N) is 1. The number of amides is 1. The van der Waals surface area contributed by atoms with Crippen molar-refractivity contribution in [1.29, 1.82) is 0 Å². The minimum Gasteiger partial charge on any atom is -0.469 e. The third-order valence-electron chi connectivity index (χ3n) is 2.66. The predicted molar refractivity (Wildman–Crippen MR) is 67.4 cm³/mol. The molecule has 0 aliphatic carbocycles. The van der Waals surface area contributed by atoms with Crippen LogP contribution in [-0.2, 0) is 20.7 Å². The maximum atomic E-state index is 11.3. The lowest BCUT2D eigenvalue weighted by molar-refractivity contribution is -0.143. The second kappa shape index (κ2) is 5.99. The maximum Gasteiger partial charge on any atom is 0.315 e. The van der Waals surface area contributed by atoms with Crippen molar-refractivity contribution >= 4 is 23.0 Å². The number of fused-ring (bicyclic) bond motifs is 1. The zero-order chi connectivity index (χ0) is 13.7. The van der Waals surface area contributed by atoms with Gasteiger partial charge in [0.15, 0.2) is 12.0 Å². The van der Waals surface area contributed by atoms with Gasteiger partial charge in [-0.2, -0.15) is 0 Å². The lowest BCUT2D eigenvalue weighted by Gasteiger charge is -2.04. The Kier molecular flexibility index (Phi) is 4.12. The smallest absolute Gasteiger partial charge is 0.315 e. The van der Waals surface area contributed by atoms with E-state index in [1.807, 2.05) is 18.2 Å². The van der Waals surface area contributed by atoms with Gasteiger partial charge < -0.3 is 14.5 Å². The molecule has 100 valence electrons. The molecule has 0 spiro atoms. The third-order valence-corrected chi connectivity index (χ3v) is 2.66. The molecule has 2 aromatic rings. The van der Waals surface area contributed by atoms with E-state index in [1.165, 1.54) is 13.5 Å². The van der Waals surface area contributed by atoms with Gasteiger partial charge in [-0.05, 0) is 24.1 Å². The highest BCUT2D eigenvalue weighted by atomic mass is 16.5. The summed E-state index contributed by atoms with van der Waals surface area (Å²) in [6, 6.07) is 5.68. The number of nitrogens with one attached hydrogen (secondary N) is 1. The van der Waals surface area contributed by atoms with Gasteiger partial charge in [0.1, 0.15) is 11.9 Å². The lowest BCUT2D eigenvalue weighted by Crippen LogP contribution is -2.28. The molecule has 0 fully saturated rings. The average Bonchev–Trinajstić information content (AvgIpc) is 2.86. The Morgan fingerprint density at radius 2 is 2.26 bits per heavy atom. The van der Waals surface area contributed by atoms with Crippen LogP contribution in [0.4, 0.5) is 0 Å². The summed E-state index contributed by atoms with van der Waals surface area (Å²) in [5.74, 6) is -0.881. The van der Waals surface area contributed by atoms with Crippen molar-refractivity contribution in [3.63, 3.8) is 0 Å². The van der Waals surface area contributed by atoms with E-state index >= 15 is 0 Å². The van der Waals surface area contributed by atoms with Gasteiger partial charge >= 0.3 is 5.97 Å². The molecule has 0 aliphatic rings. The van der Waals surface area contributed by atoms with E-state index < -0.39 is 5.97 Å². The minimum absolute atomic E-state index is 0.252. The van der Waals surface area contributed by atoms with Gasteiger partial charge in [0.2, 0.25) is 5.91 Å². The number of esters is 1. The van der Waals surface area contributed by atoms with E-state index in [1.54, 1.807) is 0 Å². The Hall–Kier alpha value is -2.37. The van der Waals surface area contributed by atoms with Crippen LogP contribution in [-0.4, -0.2) is 30.5 Å². The number of rotatable bonds is 5. The number of hydrogen-bond donors (Lipinski definition) is 1. The Morgan fingerprint density at radius 1 is 1.42 bits per heavy atom. The topological polar surface area (TPSA) is 81.4 Å². The lowest BCUT2D eigenvalue weighted by atomic mass is 10.1. The summed E-state index contributed by atoms with van der Waals surface area (Å²) in [7, 11) is 1.25. The number of carbonyl (C=O) groups excluding carboxylic acids is 2. The molecule has 6 nitrogen and oxygen atoms in total. The van der Waals surface area contributed by atoms with E-state index in [9.17, 15) is 9.59 Å². The van der Waals surface area contributed by atoms with E-state index in [2.05, 4.69) is 15.0 Å². The van der Waals surface area contributed by atoms with Crippen molar-refractivity contribution in [1.82, 2.24) is 10.3 Å². The summed E-state index contributed by atoms with van der Waals surface area (Å²) < 4.78 is 9.60. The highest BCUT2D eigenvalue weighted by Crippen LogP contribution is 2.14. The first-order valence-corrected chi connectivity index (χ1v) is 5.84. The number of benzene rings is 1. The molecule has 1 heterocycles. The standard InChI is InChI=1S/C13H14N2O4/c1-18-13(17)7-12(16)14-5-4-9-2-3-10-11(6-9)19-8-15-10/h2-3,6,8H,4-5,7H2,1H3,(H,14,16). The normalized spacial score (nSPS) is 10.4. The van der Waals surface area contributed by atoms with E-state index in [0.29, 0.717) is 13.0 Å². The molecule has 1 N–H and O–H groups in total. The molecule has 0 saturated carbocycles. The molecule has 1 aromatic carbocycles. The molecule has 0 unspecified atom stereocenters. The van der Waals surface area contributed by atoms with Crippen LogP contribution in [0.5, 0.6) is 0 Å². The van der Waals surface area contributed by atoms with Crippen LogP contribution in [0.3, 0.4) is 0 Å². The maximum absolute atomic E-state index is 11.3. The van der Waals surface area contributed by atoms with E-state index in [-0.39, 0.29) is 12.3 Å². The highest BCUT2D eigenvalue weighted by Gasteiger charge is 2.08. The summed E-state index contributed by atoms with van der Waals surface area (Å²) >= 11 is 0. The SMILES string of the molecule is COC(=O)CC(=O)NCCc1ccc2ncoc2c1. The summed E-state index contributed by atoms with van der Waals surface area (Å²) in [6.07, 6.45) is 1.80. The molecule has 0 radical (unpaired) electrons. The fourth-order valence-corrected chi connectivity index (χ4v) is 1.67.